The molecule has 26 heavy (non-hydrogen) atoms. The highest BCUT2D eigenvalue weighted by Gasteiger charge is 2.12. The Morgan fingerprint density at radius 3 is 2.23 bits per heavy atom. The highest BCUT2D eigenvalue weighted by molar-refractivity contribution is 6.12. The van der Waals surface area contributed by atoms with Crippen molar-refractivity contribution in [3.8, 4) is 11.3 Å². The Bertz CT molecular complexity index is 1440. The Labute approximate surface area is 149 Å². The van der Waals surface area contributed by atoms with E-state index in [4.69, 9.17) is 0 Å². The molecule has 2 N–H and O–H groups in total. The second-order valence-electron chi connectivity index (χ2n) is 6.58. The summed E-state index contributed by atoms with van der Waals surface area (Å²) in [6, 6.07) is 26.6. The second-order valence-corrected chi connectivity index (χ2v) is 6.58. The van der Waals surface area contributed by atoms with Gasteiger partial charge in [-0.15, -0.1) is 0 Å². The standard InChI is InChI=1S/C23H14N3/c1-3-7-19-15(5-1)17-10-9-14(13-21(17)25-19)22-23-18(11-12-24-22)16-6-2-4-8-20(16)26-23/h1-12,25-26H. The third-order valence-electron chi connectivity index (χ3n) is 5.11. The van der Waals surface area contributed by atoms with Gasteiger partial charge in [-0.2, -0.15) is 0 Å². The minimum absolute atomic E-state index is 0.930. The van der Waals surface area contributed by atoms with Crippen LogP contribution in [-0.4, -0.2) is 15.0 Å². The molecule has 3 heteroatoms. The Morgan fingerprint density at radius 1 is 0.654 bits per heavy atom. The van der Waals surface area contributed by atoms with E-state index in [0.717, 1.165) is 33.3 Å². The summed E-state index contributed by atoms with van der Waals surface area (Å²) in [7, 11) is 0. The number of aromatic amines is 2. The van der Waals surface area contributed by atoms with Crippen LogP contribution in [0, 0.1) is 6.07 Å². The first kappa shape index (κ1) is 13.7. The molecule has 0 unspecified atom stereocenters. The summed E-state index contributed by atoms with van der Waals surface area (Å²) in [4.78, 5) is 11.7. The van der Waals surface area contributed by atoms with E-state index in [-0.39, 0.29) is 0 Å². The molecule has 3 aromatic heterocycles. The van der Waals surface area contributed by atoms with Crippen LogP contribution in [0.5, 0.6) is 0 Å². The first-order valence-electron chi connectivity index (χ1n) is 8.67. The van der Waals surface area contributed by atoms with Gasteiger partial charge in [0.05, 0.1) is 16.7 Å². The summed E-state index contributed by atoms with van der Waals surface area (Å²) >= 11 is 0. The van der Waals surface area contributed by atoms with Crippen LogP contribution in [0.4, 0.5) is 0 Å². The van der Waals surface area contributed by atoms with Crippen LogP contribution in [0.15, 0.2) is 72.9 Å². The zero-order valence-corrected chi connectivity index (χ0v) is 13.9. The summed E-state index contributed by atoms with van der Waals surface area (Å²) in [5.41, 5.74) is 6.25. The average molecular weight is 332 g/mol. The second kappa shape index (κ2) is 4.96. The molecule has 1 radical (unpaired) electrons. The van der Waals surface area contributed by atoms with Crippen LogP contribution in [0.3, 0.4) is 0 Å². The van der Waals surface area contributed by atoms with Gasteiger partial charge < -0.3 is 9.97 Å². The molecule has 0 atom stereocenters. The number of pyridine rings is 1. The van der Waals surface area contributed by atoms with Gasteiger partial charge in [0.2, 0.25) is 0 Å². The van der Waals surface area contributed by atoms with Crippen molar-refractivity contribution in [2.75, 3.05) is 0 Å². The van der Waals surface area contributed by atoms with Crippen LogP contribution >= 0.6 is 0 Å². The monoisotopic (exact) mass is 332 g/mol. The summed E-state index contributed by atoms with van der Waals surface area (Å²) in [5.74, 6) is 0. The van der Waals surface area contributed by atoms with Gasteiger partial charge in [-0.05, 0) is 18.2 Å². The maximum Gasteiger partial charge on any atom is 0.0950 e. The number of hydrogen-bond donors (Lipinski definition) is 2. The number of nitrogens with zero attached hydrogens (tertiary/aromatic N) is 1. The lowest BCUT2D eigenvalue weighted by atomic mass is 10.1. The quantitative estimate of drug-likeness (QED) is 0.391. The van der Waals surface area contributed by atoms with Crippen molar-refractivity contribution in [2.45, 2.75) is 0 Å². The zero-order valence-electron chi connectivity index (χ0n) is 13.9. The molecule has 3 heterocycles. The highest BCUT2D eigenvalue weighted by Crippen LogP contribution is 2.33. The van der Waals surface area contributed by atoms with E-state index in [0.29, 0.717) is 0 Å². The van der Waals surface area contributed by atoms with Crippen LogP contribution in [0.2, 0.25) is 0 Å². The molecule has 0 spiro atoms. The zero-order chi connectivity index (χ0) is 17.1. The maximum atomic E-state index is 4.66. The summed E-state index contributed by atoms with van der Waals surface area (Å²) in [5, 5.41) is 4.82. The van der Waals surface area contributed by atoms with E-state index in [2.05, 4.69) is 75.6 Å². The molecular weight excluding hydrogens is 318 g/mol. The molecule has 121 valence electrons. The minimum atomic E-state index is 0.930. The molecule has 0 fully saturated rings. The van der Waals surface area contributed by atoms with Gasteiger partial charge in [-0.25, -0.2) is 0 Å². The predicted molar refractivity (Wildman–Crippen MR) is 107 cm³/mol. The van der Waals surface area contributed by atoms with Gasteiger partial charge in [-0.1, -0.05) is 48.5 Å². The van der Waals surface area contributed by atoms with E-state index in [1.807, 2.05) is 18.3 Å². The van der Waals surface area contributed by atoms with Crippen molar-refractivity contribution < 1.29 is 0 Å². The van der Waals surface area contributed by atoms with Gasteiger partial charge in [-0.3, -0.25) is 4.98 Å². The van der Waals surface area contributed by atoms with Gasteiger partial charge in [0.25, 0.3) is 0 Å². The summed E-state index contributed by atoms with van der Waals surface area (Å²) in [6.07, 6.45) is 1.88. The number of hydrogen-bond acceptors (Lipinski definition) is 1. The summed E-state index contributed by atoms with van der Waals surface area (Å²) < 4.78 is 0. The maximum absolute atomic E-state index is 4.66. The molecule has 3 aromatic carbocycles. The van der Waals surface area contributed by atoms with Gasteiger partial charge in [0, 0.05) is 50.4 Å². The molecular formula is C23H14N3. The molecule has 6 aromatic rings. The van der Waals surface area contributed by atoms with Crippen molar-refractivity contribution in [3.63, 3.8) is 0 Å². The third-order valence-corrected chi connectivity index (χ3v) is 5.11. The molecule has 3 nitrogen and oxygen atoms in total. The summed E-state index contributed by atoms with van der Waals surface area (Å²) in [6.45, 7) is 0. The highest BCUT2D eigenvalue weighted by atomic mass is 14.8. The number of aromatic nitrogens is 3. The predicted octanol–water partition coefficient (Wildman–Crippen LogP) is 5.82. The molecule has 0 amide bonds. The Morgan fingerprint density at radius 2 is 1.38 bits per heavy atom. The first-order valence-corrected chi connectivity index (χ1v) is 8.67. The van der Waals surface area contributed by atoms with Crippen LogP contribution in [0.1, 0.15) is 0 Å². The van der Waals surface area contributed by atoms with Gasteiger partial charge in [0.1, 0.15) is 0 Å². The van der Waals surface area contributed by atoms with E-state index in [1.165, 1.54) is 21.5 Å². The lowest BCUT2D eigenvalue weighted by molar-refractivity contribution is 1.34. The van der Waals surface area contributed by atoms with Crippen molar-refractivity contribution in [1.82, 2.24) is 15.0 Å². The topological polar surface area (TPSA) is 44.5 Å². The van der Waals surface area contributed by atoms with E-state index in [9.17, 15) is 0 Å². The number of para-hydroxylation sites is 2. The molecule has 0 aliphatic heterocycles. The fraction of sp³-hybridized carbons (Fsp3) is 0. The third kappa shape index (κ3) is 1.80. The molecule has 6 rings (SSSR count). The molecule has 0 saturated heterocycles. The minimum Gasteiger partial charge on any atom is -0.354 e. The number of rotatable bonds is 1. The average Bonchev–Trinajstić information content (AvgIpc) is 3.25. The van der Waals surface area contributed by atoms with Crippen molar-refractivity contribution in [2.24, 2.45) is 0 Å². The van der Waals surface area contributed by atoms with Crippen LogP contribution in [-0.2, 0) is 0 Å². The lowest BCUT2D eigenvalue weighted by Crippen LogP contribution is -1.85. The lowest BCUT2D eigenvalue weighted by Gasteiger charge is -2.03. The smallest absolute Gasteiger partial charge is 0.0950 e. The largest absolute Gasteiger partial charge is 0.354 e. The van der Waals surface area contributed by atoms with Crippen molar-refractivity contribution in [3.05, 3.63) is 79.0 Å². The Kier molecular flexibility index (Phi) is 2.61. The molecule has 0 saturated carbocycles. The van der Waals surface area contributed by atoms with Crippen LogP contribution in [0.25, 0.3) is 54.9 Å². The SMILES string of the molecule is [c]1c(-c2nccc3c2[nH]c2ccccc23)ccc2c1[nH]c1ccccc12. The van der Waals surface area contributed by atoms with Gasteiger partial charge in [0.15, 0.2) is 0 Å². The van der Waals surface area contributed by atoms with E-state index >= 15 is 0 Å². The van der Waals surface area contributed by atoms with Crippen molar-refractivity contribution in [1.29, 1.82) is 0 Å². The number of fused-ring (bicyclic) bond motifs is 6. The fourth-order valence-electron chi connectivity index (χ4n) is 3.90. The normalized spacial score (nSPS) is 11.8. The Balaban J connectivity index is 1.66. The van der Waals surface area contributed by atoms with E-state index in [1.54, 1.807) is 0 Å². The van der Waals surface area contributed by atoms with E-state index < -0.39 is 0 Å². The van der Waals surface area contributed by atoms with Gasteiger partial charge >= 0.3 is 0 Å². The number of H-pyrrole nitrogens is 2. The number of benzene rings is 3. The fourth-order valence-corrected chi connectivity index (χ4v) is 3.90. The molecule has 0 bridgehead atoms. The molecule has 0 aliphatic rings. The first-order chi connectivity index (χ1) is 12.9. The van der Waals surface area contributed by atoms with Crippen molar-refractivity contribution >= 4 is 43.6 Å². The van der Waals surface area contributed by atoms with Crippen LogP contribution < -0.4 is 0 Å². The number of nitrogens with one attached hydrogen (secondary N) is 2. The molecule has 0 aliphatic carbocycles. The Hall–Kier alpha value is -3.59.